The Kier molecular flexibility index (Phi) is 4.09. The standard InChI is InChI=1S/C13H18N2O2/c16-9-10-6-7-12(14-8-10)15-13(17)11-4-2-1-3-5-11/h6-8,11,16H,1-5,9H2,(H,14,15,17). The minimum absolute atomic E-state index is 0.0240. The quantitative estimate of drug-likeness (QED) is 0.841. The van der Waals surface area contributed by atoms with Crippen molar-refractivity contribution < 1.29 is 9.90 Å². The Bertz CT molecular complexity index is 370. The largest absolute Gasteiger partial charge is 0.392 e. The van der Waals surface area contributed by atoms with E-state index in [4.69, 9.17) is 5.11 Å². The van der Waals surface area contributed by atoms with E-state index in [-0.39, 0.29) is 18.4 Å². The van der Waals surface area contributed by atoms with Crippen LogP contribution in [0.4, 0.5) is 5.82 Å². The second-order valence-electron chi connectivity index (χ2n) is 4.53. The second kappa shape index (κ2) is 5.77. The summed E-state index contributed by atoms with van der Waals surface area (Å²) in [5, 5.41) is 11.7. The number of carbonyl (C=O) groups excluding carboxylic acids is 1. The molecular weight excluding hydrogens is 216 g/mol. The first-order valence-electron chi connectivity index (χ1n) is 6.16. The van der Waals surface area contributed by atoms with Crippen molar-refractivity contribution in [2.75, 3.05) is 5.32 Å². The van der Waals surface area contributed by atoms with Gasteiger partial charge >= 0.3 is 0 Å². The molecule has 2 rings (SSSR count). The Balaban J connectivity index is 1.92. The SMILES string of the molecule is O=C(Nc1ccc(CO)cn1)C1CCCCC1. The summed E-state index contributed by atoms with van der Waals surface area (Å²) in [4.78, 5) is 16.0. The van der Waals surface area contributed by atoms with Crippen LogP contribution in [0.1, 0.15) is 37.7 Å². The summed E-state index contributed by atoms with van der Waals surface area (Å²) in [6.07, 6.45) is 7.09. The van der Waals surface area contributed by atoms with Crippen molar-refractivity contribution in [3.63, 3.8) is 0 Å². The number of hydrogen-bond acceptors (Lipinski definition) is 3. The fourth-order valence-corrected chi connectivity index (χ4v) is 2.19. The normalized spacial score (nSPS) is 16.8. The lowest BCUT2D eigenvalue weighted by Crippen LogP contribution is -2.25. The monoisotopic (exact) mass is 234 g/mol. The molecule has 1 aliphatic rings. The zero-order valence-corrected chi connectivity index (χ0v) is 9.85. The number of nitrogens with one attached hydrogen (secondary N) is 1. The lowest BCUT2D eigenvalue weighted by Gasteiger charge is -2.20. The Labute approximate surface area is 101 Å². The van der Waals surface area contributed by atoms with E-state index in [0.717, 1.165) is 31.2 Å². The van der Waals surface area contributed by atoms with Crippen LogP contribution in [0.3, 0.4) is 0 Å². The first-order chi connectivity index (χ1) is 8.29. The Morgan fingerprint density at radius 1 is 1.35 bits per heavy atom. The highest BCUT2D eigenvalue weighted by Crippen LogP contribution is 2.24. The minimum Gasteiger partial charge on any atom is -0.392 e. The highest BCUT2D eigenvalue weighted by Gasteiger charge is 2.21. The molecule has 0 bridgehead atoms. The number of aliphatic hydroxyl groups is 1. The molecule has 92 valence electrons. The maximum Gasteiger partial charge on any atom is 0.228 e. The van der Waals surface area contributed by atoms with E-state index in [2.05, 4.69) is 10.3 Å². The van der Waals surface area contributed by atoms with E-state index in [9.17, 15) is 4.79 Å². The van der Waals surface area contributed by atoms with Gasteiger partial charge in [-0.2, -0.15) is 0 Å². The molecular formula is C13H18N2O2. The lowest BCUT2D eigenvalue weighted by atomic mass is 9.89. The van der Waals surface area contributed by atoms with E-state index in [0.29, 0.717) is 5.82 Å². The third-order valence-electron chi connectivity index (χ3n) is 3.23. The van der Waals surface area contributed by atoms with Gasteiger partial charge in [-0.1, -0.05) is 25.3 Å². The molecule has 1 heterocycles. The maximum absolute atomic E-state index is 11.9. The summed E-state index contributed by atoms with van der Waals surface area (Å²) in [5.74, 6) is 0.787. The summed E-state index contributed by atoms with van der Waals surface area (Å²) in [5.41, 5.74) is 0.751. The van der Waals surface area contributed by atoms with E-state index in [1.165, 1.54) is 6.42 Å². The number of pyridine rings is 1. The molecule has 4 nitrogen and oxygen atoms in total. The number of nitrogens with zero attached hydrogens (tertiary/aromatic N) is 1. The van der Waals surface area contributed by atoms with Crippen LogP contribution < -0.4 is 5.32 Å². The van der Waals surface area contributed by atoms with Gasteiger partial charge in [-0.05, 0) is 24.5 Å². The summed E-state index contributed by atoms with van der Waals surface area (Å²) in [6, 6.07) is 3.50. The molecule has 0 aromatic carbocycles. The molecule has 2 N–H and O–H groups in total. The molecule has 1 aliphatic carbocycles. The third-order valence-corrected chi connectivity index (χ3v) is 3.23. The number of rotatable bonds is 3. The molecule has 1 fully saturated rings. The van der Waals surface area contributed by atoms with Crippen LogP contribution in [0, 0.1) is 5.92 Å². The molecule has 0 atom stereocenters. The van der Waals surface area contributed by atoms with Gasteiger partial charge in [0.15, 0.2) is 0 Å². The summed E-state index contributed by atoms with van der Waals surface area (Å²) >= 11 is 0. The van der Waals surface area contributed by atoms with Crippen LogP contribution >= 0.6 is 0 Å². The molecule has 0 radical (unpaired) electrons. The van der Waals surface area contributed by atoms with Gasteiger partial charge in [0.25, 0.3) is 0 Å². The number of carbonyl (C=O) groups is 1. The summed E-state index contributed by atoms with van der Waals surface area (Å²) < 4.78 is 0. The van der Waals surface area contributed by atoms with Crippen LogP contribution in [-0.4, -0.2) is 16.0 Å². The molecule has 0 saturated heterocycles. The van der Waals surface area contributed by atoms with Crippen molar-refractivity contribution in [2.24, 2.45) is 5.92 Å². The molecule has 0 unspecified atom stereocenters. The van der Waals surface area contributed by atoms with Crippen LogP contribution in [0.25, 0.3) is 0 Å². The number of amides is 1. The molecule has 4 heteroatoms. The second-order valence-corrected chi connectivity index (χ2v) is 4.53. The zero-order valence-electron chi connectivity index (χ0n) is 9.85. The molecule has 0 aliphatic heterocycles. The molecule has 1 aromatic heterocycles. The zero-order chi connectivity index (χ0) is 12.1. The highest BCUT2D eigenvalue weighted by molar-refractivity contribution is 5.91. The predicted octanol–water partition coefficient (Wildman–Crippen LogP) is 2.09. The van der Waals surface area contributed by atoms with Gasteiger partial charge in [0.05, 0.1) is 6.61 Å². The first kappa shape index (κ1) is 12.0. The van der Waals surface area contributed by atoms with Gasteiger partial charge in [-0.15, -0.1) is 0 Å². The number of aliphatic hydroxyl groups excluding tert-OH is 1. The van der Waals surface area contributed by atoms with Crippen LogP contribution in [0.2, 0.25) is 0 Å². The molecule has 0 spiro atoms. The van der Waals surface area contributed by atoms with Crippen LogP contribution in [0.5, 0.6) is 0 Å². The van der Waals surface area contributed by atoms with Crippen molar-refractivity contribution >= 4 is 11.7 Å². The van der Waals surface area contributed by atoms with Gasteiger partial charge in [0.2, 0.25) is 5.91 Å². The third kappa shape index (κ3) is 3.27. The Hall–Kier alpha value is -1.42. The maximum atomic E-state index is 11.9. The minimum atomic E-state index is -0.0240. The van der Waals surface area contributed by atoms with E-state index < -0.39 is 0 Å². The van der Waals surface area contributed by atoms with Gasteiger partial charge in [0, 0.05) is 12.1 Å². The topological polar surface area (TPSA) is 62.2 Å². The Morgan fingerprint density at radius 3 is 2.71 bits per heavy atom. The fraction of sp³-hybridized carbons (Fsp3) is 0.538. The Morgan fingerprint density at radius 2 is 2.12 bits per heavy atom. The van der Waals surface area contributed by atoms with Crippen molar-refractivity contribution in [3.05, 3.63) is 23.9 Å². The van der Waals surface area contributed by atoms with Gasteiger partial charge in [0.1, 0.15) is 5.82 Å². The number of anilines is 1. The fourth-order valence-electron chi connectivity index (χ4n) is 2.19. The lowest BCUT2D eigenvalue weighted by molar-refractivity contribution is -0.120. The smallest absolute Gasteiger partial charge is 0.228 e. The average molecular weight is 234 g/mol. The summed E-state index contributed by atoms with van der Waals surface area (Å²) in [6.45, 7) is -0.0240. The summed E-state index contributed by atoms with van der Waals surface area (Å²) in [7, 11) is 0. The van der Waals surface area contributed by atoms with Crippen molar-refractivity contribution in [1.82, 2.24) is 4.98 Å². The van der Waals surface area contributed by atoms with Crippen LogP contribution in [0.15, 0.2) is 18.3 Å². The van der Waals surface area contributed by atoms with Gasteiger partial charge in [-0.3, -0.25) is 4.79 Å². The van der Waals surface area contributed by atoms with Crippen molar-refractivity contribution in [2.45, 2.75) is 38.7 Å². The molecule has 1 aromatic rings. The van der Waals surface area contributed by atoms with E-state index in [1.807, 2.05) is 0 Å². The molecule has 17 heavy (non-hydrogen) atoms. The molecule has 1 saturated carbocycles. The first-order valence-corrected chi connectivity index (χ1v) is 6.16. The van der Waals surface area contributed by atoms with Crippen LogP contribution in [-0.2, 0) is 11.4 Å². The van der Waals surface area contributed by atoms with Gasteiger partial charge in [-0.25, -0.2) is 4.98 Å². The number of aromatic nitrogens is 1. The van der Waals surface area contributed by atoms with E-state index in [1.54, 1.807) is 18.3 Å². The van der Waals surface area contributed by atoms with Crippen molar-refractivity contribution in [3.8, 4) is 0 Å². The van der Waals surface area contributed by atoms with Gasteiger partial charge < -0.3 is 10.4 Å². The highest BCUT2D eigenvalue weighted by atomic mass is 16.3. The predicted molar refractivity (Wildman–Crippen MR) is 65.4 cm³/mol. The number of hydrogen-bond donors (Lipinski definition) is 2. The van der Waals surface area contributed by atoms with Crippen molar-refractivity contribution in [1.29, 1.82) is 0 Å². The molecule has 1 amide bonds. The van der Waals surface area contributed by atoms with E-state index >= 15 is 0 Å². The average Bonchev–Trinajstić information content (AvgIpc) is 2.40.